The molecule has 142 valence electrons. The molecule has 1 amide bonds. The number of carbonyl (C=O) groups excluding carboxylic acids is 1. The maximum Gasteiger partial charge on any atom is 0.573 e. The van der Waals surface area contributed by atoms with E-state index in [2.05, 4.69) is 32.5 Å². The molecule has 1 N–H and O–H groups in total. The minimum Gasteiger partial charge on any atom is -0.406 e. The third-order valence-corrected chi connectivity index (χ3v) is 4.11. The lowest BCUT2D eigenvalue weighted by Crippen LogP contribution is -2.26. The van der Waals surface area contributed by atoms with Crippen LogP contribution in [0.15, 0.2) is 29.4 Å². The van der Waals surface area contributed by atoms with Crippen LogP contribution in [0.4, 0.5) is 13.2 Å². The van der Waals surface area contributed by atoms with Crippen LogP contribution in [0.25, 0.3) is 5.69 Å². The molecule has 7 nitrogen and oxygen atoms in total. The normalized spacial score (nSPS) is 11.4. The number of benzene rings is 1. The average Bonchev–Trinajstić information content (AvgIpc) is 3.05. The number of ether oxygens (including phenoxy) is 1. The van der Waals surface area contributed by atoms with E-state index in [1.807, 2.05) is 0 Å². The quantitative estimate of drug-likeness (QED) is 0.525. The second-order valence-corrected chi connectivity index (χ2v) is 6.20. The van der Waals surface area contributed by atoms with Crippen LogP contribution < -0.4 is 10.1 Å². The summed E-state index contributed by atoms with van der Waals surface area (Å²) in [5.74, 6) is -0.327. The van der Waals surface area contributed by atoms with Crippen molar-refractivity contribution in [2.45, 2.75) is 37.7 Å². The van der Waals surface area contributed by atoms with Gasteiger partial charge in [0.2, 0.25) is 11.1 Å². The number of unbranched alkanes of at least 4 members (excludes halogenated alkanes) is 2. The van der Waals surface area contributed by atoms with Gasteiger partial charge in [-0.3, -0.25) is 4.79 Å². The highest BCUT2D eigenvalue weighted by molar-refractivity contribution is 7.99. The number of alkyl halides is 3. The first-order valence-corrected chi connectivity index (χ1v) is 8.91. The summed E-state index contributed by atoms with van der Waals surface area (Å²) in [4.78, 5) is 11.8. The van der Waals surface area contributed by atoms with E-state index in [-0.39, 0.29) is 17.4 Å². The number of hydrogen-bond acceptors (Lipinski definition) is 6. The largest absolute Gasteiger partial charge is 0.573 e. The number of nitrogens with zero attached hydrogens (tertiary/aromatic N) is 4. The number of nitrogens with one attached hydrogen (secondary N) is 1. The molecule has 0 aliphatic rings. The van der Waals surface area contributed by atoms with E-state index in [4.69, 9.17) is 0 Å². The van der Waals surface area contributed by atoms with Crippen molar-refractivity contribution in [2.24, 2.45) is 0 Å². The van der Waals surface area contributed by atoms with Crippen molar-refractivity contribution >= 4 is 17.7 Å². The second kappa shape index (κ2) is 9.41. The van der Waals surface area contributed by atoms with Crippen molar-refractivity contribution in [2.75, 3.05) is 12.3 Å². The van der Waals surface area contributed by atoms with Crippen LogP contribution >= 0.6 is 11.8 Å². The monoisotopic (exact) mass is 389 g/mol. The van der Waals surface area contributed by atoms with Crippen molar-refractivity contribution in [3.63, 3.8) is 0 Å². The van der Waals surface area contributed by atoms with Crippen molar-refractivity contribution in [3.05, 3.63) is 24.3 Å². The SMILES string of the molecule is CCCCCNC(=O)CSc1nnnn1-c1ccc(OC(F)(F)F)cc1. The van der Waals surface area contributed by atoms with Gasteiger partial charge in [0.25, 0.3) is 0 Å². The molecule has 11 heteroatoms. The van der Waals surface area contributed by atoms with Gasteiger partial charge in [0, 0.05) is 6.54 Å². The number of aromatic nitrogens is 4. The Morgan fingerprint density at radius 2 is 2.00 bits per heavy atom. The number of tetrazole rings is 1. The third kappa shape index (κ3) is 6.54. The molecule has 0 radical (unpaired) electrons. The minimum absolute atomic E-state index is 0.130. The Kier molecular flexibility index (Phi) is 7.25. The summed E-state index contributed by atoms with van der Waals surface area (Å²) in [5.41, 5.74) is 0.454. The molecule has 0 atom stereocenters. The molecular formula is C15H18F3N5O2S. The Morgan fingerprint density at radius 1 is 1.27 bits per heavy atom. The molecule has 2 rings (SSSR count). The zero-order chi connectivity index (χ0) is 19.0. The molecular weight excluding hydrogens is 371 g/mol. The van der Waals surface area contributed by atoms with Crippen LogP contribution in [0.2, 0.25) is 0 Å². The van der Waals surface area contributed by atoms with Crippen LogP contribution in [-0.2, 0) is 4.79 Å². The van der Waals surface area contributed by atoms with E-state index < -0.39 is 6.36 Å². The summed E-state index contributed by atoms with van der Waals surface area (Å²) in [6.45, 7) is 2.71. The van der Waals surface area contributed by atoms with Crippen molar-refractivity contribution in [1.82, 2.24) is 25.5 Å². The second-order valence-electron chi connectivity index (χ2n) is 5.26. The number of carbonyl (C=O) groups is 1. The molecule has 0 fully saturated rings. The lowest BCUT2D eigenvalue weighted by molar-refractivity contribution is -0.274. The molecule has 26 heavy (non-hydrogen) atoms. The number of amides is 1. The van der Waals surface area contributed by atoms with Gasteiger partial charge >= 0.3 is 6.36 Å². The van der Waals surface area contributed by atoms with E-state index in [0.29, 0.717) is 17.4 Å². The Morgan fingerprint density at radius 3 is 2.65 bits per heavy atom. The van der Waals surface area contributed by atoms with E-state index in [9.17, 15) is 18.0 Å². The van der Waals surface area contributed by atoms with Gasteiger partial charge in [-0.25, -0.2) is 0 Å². The first-order chi connectivity index (χ1) is 12.4. The molecule has 1 heterocycles. The Labute approximate surface area is 152 Å². The highest BCUT2D eigenvalue weighted by Crippen LogP contribution is 2.24. The smallest absolute Gasteiger partial charge is 0.406 e. The van der Waals surface area contributed by atoms with Gasteiger partial charge in [-0.15, -0.1) is 18.3 Å². The molecule has 0 unspecified atom stereocenters. The van der Waals surface area contributed by atoms with Crippen LogP contribution in [0.3, 0.4) is 0 Å². The molecule has 1 aromatic carbocycles. The molecule has 0 saturated heterocycles. The maximum absolute atomic E-state index is 12.2. The summed E-state index contributed by atoms with van der Waals surface area (Å²) in [7, 11) is 0. The Balaban J connectivity index is 1.92. The topological polar surface area (TPSA) is 81.9 Å². The zero-order valence-corrected chi connectivity index (χ0v) is 14.8. The number of halogens is 3. The summed E-state index contributed by atoms with van der Waals surface area (Å²) in [5, 5.41) is 14.3. The lowest BCUT2D eigenvalue weighted by atomic mass is 10.2. The van der Waals surface area contributed by atoms with Gasteiger partial charge in [-0.1, -0.05) is 31.5 Å². The average molecular weight is 389 g/mol. The first-order valence-electron chi connectivity index (χ1n) is 7.93. The summed E-state index contributed by atoms with van der Waals surface area (Å²) in [6.07, 6.45) is -1.69. The summed E-state index contributed by atoms with van der Waals surface area (Å²) < 4.78 is 41.7. The molecule has 0 saturated carbocycles. The molecule has 0 spiro atoms. The van der Waals surface area contributed by atoms with Gasteiger partial charge in [0.05, 0.1) is 11.4 Å². The molecule has 2 aromatic rings. The summed E-state index contributed by atoms with van der Waals surface area (Å²) in [6, 6.07) is 5.12. The first kappa shape index (κ1) is 20.0. The Bertz CT molecular complexity index is 706. The van der Waals surface area contributed by atoms with E-state index in [1.165, 1.54) is 28.9 Å². The highest BCUT2D eigenvalue weighted by Gasteiger charge is 2.31. The van der Waals surface area contributed by atoms with Crippen molar-refractivity contribution in [3.8, 4) is 11.4 Å². The zero-order valence-electron chi connectivity index (χ0n) is 14.0. The van der Waals surface area contributed by atoms with Gasteiger partial charge in [0.15, 0.2) is 0 Å². The van der Waals surface area contributed by atoms with Gasteiger partial charge < -0.3 is 10.1 Å². The van der Waals surface area contributed by atoms with Crippen LogP contribution in [-0.4, -0.2) is 44.8 Å². The van der Waals surface area contributed by atoms with Crippen LogP contribution in [0.5, 0.6) is 5.75 Å². The Hall–Kier alpha value is -2.30. The van der Waals surface area contributed by atoms with E-state index in [1.54, 1.807) is 0 Å². The maximum atomic E-state index is 12.2. The fourth-order valence-electron chi connectivity index (χ4n) is 2.00. The number of hydrogen-bond donors (Lipinski definition) is 1. The molecule has 0 bridgehead atoms. The molecule has 0 aliphatic heterocycles. The lowest BCUT2D eigenvalue weighted by Gasteiger charge is -2.09. The molecule has 1 aromatic heterocycles. The van der Waals surface area contributed by atoms with Crippen LogP contribution in [0.1, 0.15) is 26.2 Å². The van der Waals surface area contributed by atoms with Crippen molar-refractivity contribution < 1.29 is 22.7 Å². The predicted molar refractivity (Wildman–Crippen MR) is 89.1 cm³/mol. The van der Waals surface area contributed by atoms with E-state index >= 15 is 0 Å². The minimum atomic E-state index is -4.75. The number of rotatable bonds is 9. The van der Waals surface area contributed by atoms with E-state index in [0.717, 1.165) is 31.0 Å². The standard InChI is InChI=1S/C15H18F3N5O2S/c1-2-3-4-9-19-13(24)10-26-14-20-21-22-23(14)11-5-7-12(8-6-11)25-15(16,17)18/h5-8H,2-4,9-10H2,1H3,(H,19,24). The summed E-state index contributed by atoms with van der Waals surface area (Å²) >= 11 is 1.14. The molecule has 0 aliphatic carbocycles. The van der Waals surface area contributed by atoms with Gasteiger partial charge in [-0.2, -0.15) is 4.68 Å². The van der Waals surface area contributed by atoms with Gasteiger partial charge in [-0.05, 0) is 41.1 Å². The number of thioether (sulfide) groups is 1. The van der Waals surface area contributed by atoms with Gasteiger partial charge in [0.1, 0.15) is 5.75 Å². The highest BCUT2D eigenvalue weighted by atomic mass is 32.2. The fraction of sp³-hybridized carbons (Fsp3) is 0.467. The fourth-order valence-corrected chi connectivity index (χ4v) is 2.72. The van der Waals surface area contributed by atoms with Crippen LogP contribution in [0, 0.1) is 0 Å². The predicted octanol–water partition coefficient (Wildman–Crippen LogP) is 2.96. The third-order valence-electron chi connectivity index (χ3n) is 3.19. The van der Waals surface area contributed by atoms with Crippen molar-refractivity contribution in [1.29, 1.82) is 0 Å².